The van der Waals surface area contributed by atoms with E-state index in [0.29, 0.717) is 59.2 Å². The van der Waals surface area contributed by atoms with Gasteiger partial charge in [0.05, 0.1) is 75.6 Å². The van der Waals surface area contributed by atoms with Gasteiger partial charge in [-0.25, -0.2) is 0 Å². The van der Waals surface area contributed by atoms with E-state index < -0.39 is 35.7 Å². The number of rotatable bonds is 38. The van der Waals surface area contributed by atoms with Crippen LogP contribution in [0.5, 0.6) is 0 Å². The van der Waals surface area contributed by atoms with Gasteiger partial charge in [-0.05, 0) is 56.0 Å². The lowest BCUT2D eigenvalue weighted by Crippen LogP contribution is -2.31. The third kappa shape index (κ3) is 23.7. The first kappa shape index (κ1) is 56.2. The molecule has 0 aliphatic carbocycles. The number of benzene rings is 1. The monoisotopic (exact) mass is 925 g/mol. The Hall–Kier alpha value is -4.94. The maximum atomic E-state index is 12.4. The number of unbranched alkanes of at least 4 members (excludes halogenated alkanes) is 10. The lowest BCUT2D eigenvalue weighted by Gasteiger charge is -2.25. The number of carboxylic acids is 2. The van der Waals surface area contributed by atoms with Crippen molar-refractivity contribution in [1.82, 2.24) is 0 Å². The Labute approximate surface area is 389 Å². The van der Waals surface area contributed by atoms with Crippen molar-refractivity contribution in [2.24, 2.45) is 22.1 Å². The van der Waals surface area contributed by atoms with Crippen molar-refractivity contribution in [3.8, 4) is 12.1 Å². The molecule has 0 amide bonds. The van der Waals surface area contributed by atoms with Gasteiger partial charge in [-0.3, -0.25) is 19.2 Å². The third-order valence-electron chi connectivity index (χ3n) is 10.8. The molecule has 1 aromatic carbocycles. The van der Waals surface area contributed by atoms with Crippen LogP contribution in [0.4, 0.5) is 16.4 Å². The minimum absolute atomic E-state index is 0.00143. The first-order chi connectivity index (χ1) is 31.4. The number of azo groups is 1. The first-order valence-corrected chi connectivity index (χ1v) is 24.0. The molecule has 65 heavy (non-hydrogen) atoms. The van der Waals surface area contributed by atoms with Crippen LogP contribution >= 0.6 is 11.3 Å². The maximum absolute atomic E-state index is 12.4. The molecule has 2 rings (SSSR count). The van der Waals surface area contributed by atoms with Gasteiger partial charge in [0.1, 0.15) is 30.2 Å². The minimum Gasteiger partial charge on any atom is -0.481 e. The molecule has 0 saturated heterocycles. The molecule has 2 N–H and O–H groups in total. The highest BCUT2D eigenvalue weighted by Crippen LogP contribution is 2.36. The highest BCUT2D eigenvalue weighted by molar-refractivity contribution is 7.16. The fourth-order valence-corrected chi connectivity index (χ4v) is 7.79. The van der Waals surface area contributed by atoms with Gasteiger partial charge in [0.15, 0.2) is 5.00 Å². The van der Waals surface area contributed by atoms with Crippen molar-refractivity contribution in [1.29, 1.82) is 10.5 Å². The maximum Gasteiger partial charge on any atom is 0.307 e. The number of carboxylic acid groups (broad SMARTS) is 2. The predicted molar refractivity (Wildman–Crippen MR) is 248 cm³/mol. The molecule has 2 unspecified atom stereocenters. The van der Waals surface area contributed by atoms with Crippen LogP contribution < -0.4 is 4.90 Å². The molecule has 0 saturated carbocycles. The summed E-state index contributed by atoms with van der Waals surface area (Å²) in [5.74, 6) is -4.61. The molecule has 0 aliphatic heterocycles. The molecule has 16 nitrogen and oxygen atoms in total. The minimum atomic E-state index is -0.990. The number of hydrogen-bond donors (Lipinski definition) is 2. The Balaban J connectivity index is 1.87. The molecule has 1 aromatic heterocycles. The second-order valence-corrected chi connectivity index (χ2v) is 17.0. The van der Waals surface area contributed by atoms with Gasteiger partial charge in [-0.1, -0.05) is 90.9 Å². The molecule has 0 bridgehead atoms. The standard InChI is InChI=1S/C48H71N5O11S/c1-5-7-9-11-13-15-17-38(47(56)57)32-44(54)63-29-27-61-24-22-53(40-19-20-42(36(3)31-40)51-52-46-41(34-49)37(4)43(35-50)65-46)21-23-60-25-26-62-28-30-64-45(55)33-39(48(58)59)18-16-14-12-10-8-6-2/h19-20,31,38-39H,5-18,21-30,32-33H2,1-4H3,(H,56,57)(H,58,59)/b52-51+. The zero-order valence-corrected chi connectivity index (χ0v) is 39.8. The number of carbonyl (C=O) groups is 4. The predicted octanol–water partition coefficient (Wildman–Crippen LogP) is 10.1. The molecule has 0 fully saturated rings. The fraction of sp³-hybridized carbons (Fsp3) is 0.667. The molecule has 17 heteroatoms. The summed E-state index contributed by atoms with van der Waals surface area (Å²) in [5.41, 5.74) is 3.17. The van der Waals surface area contributed by atoms with E-state index in [1.54, 1.807) is 6.92 Å². The van der Waals surface area contributed by atoms with Crippen LogP contribution in [0.3, 0.4) is 0 Å². The normalized spacial score (nSPS) is 12.1. The van der Waals surface area contributed by atoms with E-state index in [-0.39, 0.29) is 59.1 Å². The van der Waals surface area contributed by atoms with E-state index in [4.69, 9.17) is 23.7 Å². The van der Waals surface area contributed by atoms with Crippen LogP contribution in [0.15, 0.2) is 28.4 Å². The van der Waals surface area contributed by atoms with E-state index in [9.17, 15) is 39.9 Å². The summed E-state index contributed by atoms with van der Waals surface area (Å²) in [7, 11) is 0. The number of esters is 2. The van der Waals surface area contributed by atoms with Crippen LogP contribution in [0.1, 0.15) is 138 Å². The fourth-order valence-electron chi connectivity index (χ4n) is 6.92. The number of anilines is 1. The van der Waals surface area contributed by atoms with Crippen molar-refractivity contribution in [3.63, 3.8) is 0 Å². The molecule has 1 heterocycles. The van der Waals surface area contributed by atoms with E-state index in [0.717, 1.165) is 86.8 Å². The molecule has 0 radical (unpaired) electrons. The second kappa shape index (κ2) is 34.4. The van der Waals surface area contributed by atoms with Crippen LogP contribution in [0, 0.1) is 48.3 Å². The number of ether oxygens (including phenoxy) is 5. The smallest absolute Gasteiger partial charge is 0.307 e. The second-order valence-electron chi connectivity index (χ2n) is 16.0. The van der Waals surface area contributed by atoms with E-state index in [1.165, 1.54) is 12.8 Å². The zero-order chi connectivity index (χ0) is 47.7. The SMILES string of the molecule is CCCCCCCCC(CC(=O)OCCOCCOCCN(CCOCCOC(=O)CC(CCCCCCCC)C(=O)O)c1ccc(/N=N/c2sc(C#N)c(C)c2C#N)c(C)c1)C(=O)O. The summed E-state index contributed by atoms with van der Waals surface area (Å²) in [6, 6.07) is 9.85. The summed E-state index contributed by atoms with van der Waals surface area (Å²) in [5, 5.41) is 47.2. The summed E-state index contributed by atoms with van der Waals surface area (Å²) in [6.45, 7) is 10.3. The Morgan fingerprint density at radius 3 is 1.60 bits per heavy atom. The molecular weight excluding hydrogens is 855 g/mol. The third-order valence-corrected chi connectivity index (χ3v) is 11.9. The molecular formula is C48H71N5O11S. The average molecular weight is 926 g/mol. The van der Waals surface area contributed by atoms with Crippen molar-refractivity contribution in [2.45, 2.75) is 130 Å². The van der Waals surface area contributed by atoms with Crippen molar-refractivity contribution < 1.29 is 53.1 Å². The van der Waals surface area contributed by atoms with E-state index in [1.807, 2.05) is 25.1 Å². The van der Waals surface area contributed by atoms with E-state index in [2.05, 4.69) is 41.1 Å². The van der Waals surface area contributed by atoms with Gasteiger partial charge in [0.2, 0.25) is 0 Å². The highest BCUT2D eigenvalue weighted by Gasteiger charge is 2.23. The van der Waals surface area contributed by atoms with Gasteiger partial charge in [0, 0.05) is 18.8 Å². The molecule has 2 aromatic rings. The highest BCUT2D eigenvalue weighted by atomic mass is 32.1. The Bertz CT molecular complexity index is 1840. The van der Waals surface area contributed by atoms with Gasteiger partial charge in [-0.2, -0.15) is 10.5 Å². The first-order valence-electron chi connectivity index (χ1n) is 23.2. The van der Waals surface area contributed by atoms with Crippen molar-refractivity contribution in [3.05, 3.63) is 39.8 Å². The summed E-state index contributed by atoms with van der Waals surface area (Å²) < 4.78 is 27.7. The Morgan fingerprint density at radius 2 is 1.14 bits per heavy atom. The van der Waals surface area contributed by atoms with E-state index >= 15 is 0 Å². The zero-order valence-electron chi connectivity index (χ0n) is 39.0. The Morgan fingerprint density at radius 1 is 0.662 bits per heavy atom. The number of nitrogens with zero attached hydrogens (tertiary/aromatic N) is 5. The van der Waals surface area contributed by atoms with Gasteiger partial charge < -0.3 is 38.8 Å². The topological polar surface area (TPSA) is 230 Å². The molecule has 360 valence electrons. The average Bonchev–Trinajstić information content (AvgIpc) is 3.60. The number of carbonyl (C=O) groups excluding carboxylic acids is 2. The molecule has 2 atom stereocenters. The largest absolute Gasteiger partial charge is 0.481 e. The lowest BCUT2D eigenvalue weighted by molar-refractivity contribution is -0.152. The Kier molecular flexibility index (Phi) is 29.7. The van der Waals surface area contributed by atoms with Crippen LogP contribution in [-0.2, 0) is 42.9 Å². The number of thiophene rings is 1. The summed E-state index contributed by atoms with van der Waals surface area (Å²) in [6.07, 6.45) is 13.0. The molecule has 0 spiro atoms. The molecule has 0 aliphatic rings. The quantitative estimate of drug-likeness (QED) is 0.0363. The number of aryl methyl sites for hydroxylation is 1. The van der Waals surface area contributed by atoms with Gasteiger partial charge in [-0.15, -0.1) is 21.6 Å². The van der Waals surface area contributed by atoms with Crippen molar-refractivity contribution >= 4 is 51.6 Å². The summed E-state index contributed by atoms with van der Waals surface area (Å²) in [4.78, 5) is 50.6. The number of nitriles is 2. The van der Waals surface area contributed by atoms with Crippen LogP contribution in [0.25, 0.3) is 0 Å². The van der Waals surface area contributed by atoms with Gasteiger partial charge >= 0.3 is 23.9 Å². The lowest BCUT2D eigenvalue weighted by atomic mass is 9.97. The van der Waals surface area contributed by atoms with Gasteiger partial charge in [0.25, 0.3) is 0 Å². The van der Waals surface area contributed by atoms with Crippen LogP contribution in [0.2, 0.25) is 0 Å². The van der Waals surface area contributed by atoms with Crippen LogP contribution in [-0.4, -0.2) is 100 Å². The van der Waals surface area contributed by atoms with Crippen molar-refractivity contribution in [2.75, 3.05) is 70.8 Å². The summed E-state index contributed by atoms with van der Waals surface area (Å²) >= 11 is 1.12. The number of aliphatic carboxylic acids is 2. The number of hydrogen-bond acceptors (Lipinski definition) is 15.